The van der Waals surface area contributed by atoms with Crippen LogP contribution in [0.3, 0.4) is 0 Å². The number of carbonyl (C=O) groups excluding carboxylic acids is 2. The lowest BCUT2D eigenvalue weighted by atomic mass is 10.1. The lowest BCUT2D eigenvalue weighted by molar-refractivity contribution is -0.139. The molecular weight excluding hydrogens is 451 g/mol. The molecule has 31 heavy (non-hydrogen) atoms. The average Bonchev–Trinajstić information content (AvgIpc) is 2.76. The second kappa shape index (κ2) is 13.7. The third kappa shape index (κ3) is 8.40. The van der Waals surface area contributed by atoms with E-state index in [1.54, 1.807) is 17.0 Å². The van der Waals surface area contributed by atoms with Gasteiger partial charge in [0.05, 0.1) is 5.75 Å². The summed E-state index contributed by atoms with van der Waals surface area (Å²) in [5.74, 6) is 0.746. The van der Waals surface area contributed by atoms with Gasteiger partial charge in [-0.3, -0.25) is 9.59 Å². The van der Waals surface area contributed by atoms with Gasteiger partial charge in [0.25, 0.3) is 0 Å². The molecule has 0 saturated heterocycles. The van der Waals surface area contributed by atoms with Crippen molar-refractivity contribution in [1.82, 2.24) is 10.2 Å². The summed E-state index contributed by atoms with van der Waals surface area (Å²) in [7, 11) is 0. The molecule has 1 N–H and O–H groups in total. The van der Waals surface area contributed by atoms with Crippen molar-refractivity contribution in [2.24, 2.45) is 0 Å². The monoisotopic (exact) mass is 480 g/mol. The summed E-state index contributed by atoms with van der Waals surface area (Å²) in [4.78, 5) is 27.7. The van der Waals surface area contributed by atoms with Crippen molar-refractivity contribution in [2.75, 3.05) is 12.3 Å². The third-order valence-electron chi connectivity index (χ3n) is 4.92. The van der Waals surface area contributed by atoms with Gasteiger partial charge in [-0.25, -0.2) is 0 Å². The number of amides is 2. The Hall–Kier alpha value is -1.69. The summed E-state index contributed by atoms with van der Waals surface area (Å²) in [6, 6.07) is 14.5. The first-order valence-electron chi connectivity index (χ1n) is 10.6. The average molecular weight is 481 g/mol. The van der Waals surface area contributed by atoms with Gasteiger partial charge >= 0.3 is 0 Å². The minimum absolute atomic E-state index is 0.0653. The van der Waals surface area contributed by atoms with Crippen LogP contribution in [0.1, 0.15) is 44.2 Å². The van der Waals surface area contributed by atoms with E-state index < -0.39 is 6.04 Å². The summed E-state index contributed by atoms with van der Waals surface area (Å²) in [5, 5.41) is 4.31. The van der Waals surface area contributed by atoms with E-state index in [-0.39, 0.29) is 17.6 Å². The number of unbranched alkanes of at least 4 members (excludes halogenated alkanes) is 1. The molecule has 168 valence electrons. The zero-order chi connectivity index (χ0) is 22.6. The van der Waals surface area contributed by atoms with Crippen LogP contribution in [0.15, 0.2) is 48.5 Å². The molecule has 0 aliphatic rings. The Bertz CT molecular complexity index is 846. The Morgan fingerprint density at radius 2 is 1.77 bits per heavy atom. The molecule has 0 aliphatic heterocycles. The fraction of sp³-hybridized carbons (Fsp3) is 0.417. The Labute approximate surface area is 199 Å². The van der Waals surface area contributed by atoms with E-state index in [2.05, 4.69) is 12.2 Å². The quantitative estimate of drug-likeness (QED) is 0.381. The Kier molecular flexibility index (Phi) is 11.3. The van der Waals surface area contributed by atoms with Gasteiger partial charge in [-0.1, -0.05) is 73.8 Å². The van der Waals surface area contributed by atoms with Crippen molar-refractivity contribution >= 4 is 46.8 Å². The molecule has 0 unspecified atom stereocenters. The first-order valence-corrected chi connectivity index (χ1v) is 12.5. The molecule has 0 aliphatic carbocycles. The molecule has 2 amide bonds. The number of thioether (sulfide) groups is 1. The predicted molar refractivity (Wildman–Crippen MR) is 132 cm³/mol. The molecular formula is C24H30Cl2N2O2S. The molecule has 1 atom stereocenters. The van der Waals surface area contributed by atoms with E-state index in [1.807, 2.05) is 43.3 Å². The van der Waals surface area contributed by atoms with E-state index in [0.717, 1.165) is 24.0 Å². The zero-order valence-electron chi connectivity index (χ0n) is 18.1. The van der Waals surface area contributed by atoms with Crippen molar-refractivity contribution in [3.8, 4) is 0 Å². The molecule has 0 radical (unpaired) electrons. The summed E-state index contributed by atoms with van der Waals surface area (Å²) < 4.78 is 0. The first-order chi connectivity index (χ1) is 15.0. The lowest BCUT2D eigenvalue weighted by Crippen LogP contribution is -2.49. The van der Waals surface area contributed by atoms with E-state index in [1.165, 1.54) is 11.8 Å². The summed E-state index contributed by atoms with van der Waals surface area (Å²) in [6.07, 6.45) is 2.47. The highest BCUT2D eigenvalue weighted by Gasteiger charge is 2.28. The zero-order valence-corrected chi connectivity index (χ0v) is 20.4. The Morgan fingerprint density at radius 1 is 1.06 bits per heavy atom. The van der Waals surface area contributed by atoms with Gasteiger partial charge in [-0.15, -0.1) is 11.8 Å². The minimum Gasteiger partial charge on any atom is -0.354 e. The number of nitrogens with one attached hydrogen (secondary N) is 1. The van der Waals surface area contributed by atoms with Crippen molar-refractivity contribution in [2.45, 2.75) is 51.4 Å². The number of carbonyl (C=O) groups is 2. The summed E-state index contributed by atoms with van der Waals surface area (Å²) in [6.45, 7) is 5.00. The minimum atomic E-state index is -0.513. The van der Waals surface area contributed by atoms with Crippen LogP contribution in [0.5, 0.6) is 0 Å². The van der Waals surface area contributed by atoms with E-state index in [9.17, 15) is 9.59 Å². The van der Waals surface area contributed by atoms with E-state index in [0.29, 0.717) is 35.3 Å². The van der Waals surface area contributed by atoms with Crippen molar-refractivity contribution in [3.05, 3.63) is 69.7 Å². The maximum Gasteiger partial charge on any atom is 0.242 e. The number of benzene rings is 2. The smallest absolute Gasteiger partial charge is 0.242 e. The molecule has 2 aromatic rings. The molecule has 0 saturated carbocycles. The summed E-state index contributed by atoms with van der Waals surface area (Å²) in [5.41, 5.74) is 1.93. The van der Waals surface area contributed by atoms with Crippen molar-refractivity contribution in [3.63, 3.8) is 0 Å². The predicted octanol–water partition coefficient (Wildman–Crippen LogP) is 5.95. The molecule has 2 rings (SSSR count). The first kappa shape index (κ1) is 25.6. The fourth-order valence-electron chi connectivity index (χ4n) is 3.16. The Morgan fingerprint density at radius 3 is 2.42 bits per heavy atom. The highest BCUT2D eigenvalue weighted by molar-refractivity contribution is 7.99. The van der Waals surface area contributed by atoms with Gasteiger partial charge in [0, 0.05) is 28.9 Å². The van der Waals surface area contributed by atoms with Crippen LogP contribution >= 0.6 is 35.0 Å². The summed E-state index contributed by atoms with van der Waals surface area (Å²) >= 11 is 13.7. The van der Waals surface area contributed by atoms with Crippen LogP contribution in [-0.4, -0.2) is 35.1 Å². The van der Waals surface area contributed by atoms with Crippen LogP contribution in [0.4, 0.5) is 0 Å². The van der Waals surface area contributed by atoms with Crippen molar-refractivity contribution < 1.29 is 9.59 Å². The molecule has 7 heteroatoms. The highest BCUT2D eigenvalue weighted by Crippen LogP contribution is 2.22. The standard InChI is InChI=1S/C24H30Cl2N2O2S/c1-3-5-14-27-24(30)22(4-2)28(15-18-10-12-20(25)13-11-18)23(29)17-31-16-19-8-6-7-9-21(19)26/h6-13,22H,3-5,14-17H2,1-2H3,(H,27,30)/t22-/m1/s1. The molecule has 0 bridgehead atoms. The molecule has 0 heterocycles. The molecule has 0 aromatic heterocycles. The fourth-order valence-corrected chi connectivity index (χ4v) is 4.48. The van der Waals surface area contributed by atoms with Crippen LogP contribution in [-0.2, 0) is 21.9 Å². The SMILES string of the molecule is CCCCNC(=O)[C@@H](CC)N(Cc1ccc(Cl)cc1)C(=O)CSCc1ccccc1Cl. The van der Waals surface area contributed by atoms with Gasteiger partial charge in [-0.05, 0) is 42.2 Å². The van der Waals surface area contributed by atoms with Gasteiger partial charge in [0.15, 0.2) is 0 Å². The van der Waals surface area contributed by atoms with E-state index in [4.69, 9.17) is 23.2 Å². The van der Waals surface area contributed by atoms with Gasteiger partial charge < -0.3 is 10.2 Å². The Balaban J connectivity index is 2.10. The lowest BCUT2D eigenvalue weighted by Gasteiger charge is -2.30. The molecule has 0 fully saturated rings. The maximum absolute atomic E-state index is 13.2. The van der Waals surface area contributed by atoms with E-state index >= 15 is 0 Å². The highest BCUT2D eigenvalue weighted by atomic mass is 35.5. The van der Waals surface area contributed by atoms with Crippen LogP contribution in [0.2, 0.25) is 10.0 Å². The van der Waals surface area contributed by atoms with Crippen LogP contribution in [0.25, 0.3) is 0 Å². The number of hydrogen-bond donors (Lipinski definition) is 1. The van der Waals surface area contributed by atoms with Crippen molar-refractivity contribution in [1.29, 1.82) is 0 Å². The second-order valence-corrected chi connectivity index (χ2v) is 9.13. The maximum atomic E-state index is 13.2. The largest absolute Gasteiger partial charge is 0.354 e. The van der Waals surface area contributed by atoms with Crippen LogP contribution < -0.4 is 5.32 Å². The number of nitrogens with zero attached hydrogens (tertiary/aromatic N) is 1. The van der Waals surface area contributed by atoms with Gasteiger partial charge in [0.2, 0.25) is 11.8 Å². The third-order valence-corrected chi connectivity index (χ3v) is 6.51. The molecule has 4 nitrogen and oxygen atoms in total. The number of hydrogen-bond acceptors (Lipinski definition) is 3. The van der Waals surface area contributed by atoms with Gasteiger partial charge in [-0.2, -0.15) is 0 Å². The molecule has 2 aromatic carbocycles. The number of rotatable bonds is 12. The normalized spacial score (nSPS) is 11.7. The number of halogens is 2. The second-order valence-electron chi connectivity index (χ2n) is 7.30. The van der Waals surface area contributed by atoms with Crippen LogP contribution in [0, 0.1) is 0 Å². The van der Waals surface area contributed by atoms with Gasteiger partial charge in [0.1, 0.15) is 6.04 Å². The topological polar surface area (TPSA) is 49.4 Å². The molecule has 0 spiro atoms.